The molecule has 2 saturated carbocycles. The lowest BCUT2D eigenvalue weighted by molar-refractivity contribution is -0.123. The molecule has 0 bridgehead atoms. The predicted molar refractivity (Wildman–Crippen MR) is 75.3 cm³/mol. The zero-order valence-corrected chi connectivity index (χ0v) is 11.8. The zero-order valence-electron chi connectivity index (χ0n) is 11.8. The molecule has 0 spiro atoms. The Morgan fingerprint density at radius 1 is 1.25 bits per heavy atom. The molecule has 4 rings (SSSR count). The van der Waals surface area contributed by atoms with Gasteiger partial charge in [0.1, 0.15) is 5.76 Å². The van der Waals surface area contributed by atoms with Crippen molar-refractivity contribution in [1.29, 1.82) is 0 Å². The number of nitrogens with one attached hydrogen (secondary N) is 1. The molecule has 108 valence electrons. The van der Waals surface area contributed by atoms with Gasteiger partial charge in [-0.25, -0.2) is 0 Å². The number of carbonyl (C=O) groups excluding carboxylic acids is 1. The summed E-state index contributed by atoms with van der Waals surface area (Å²) in [5.74, 6) is 1.66. The normalized spacial score (nSPS) is 31.2. The zero-order chi connectivity index (χ0) is 13.5. The SMILES string of the molecule is O=C(NC1CCN(C2CC2)CC1)C1CC1c1ccco1. The Hall–Kier alpha value is -1.29. The number of amides is 1. The van der Waals surface area contributed by atoms with E-state index >= 15 is 0 Å². The average Bonchev–Trinajstić information content (AvgIpc) is 3.39. The van der Waals surface area contributed by atoms with Gasteiger partial charge in [0, 0.05) is 37.0 Å². The van der Waals surface area contributed by atoms with Crippen LogP contribution in [0.15, 0.2) is 22.8 Å². The number of likely N-dealkylation sites (tertiary alicyclic amines) is 1. The minimum absolute atomic E-state index is 0.141. The molecule has 1 aromatic heterocycles. The maximum atomic E-state index is 12.2. The van der Waals surface area contributed by atoms with E-state index in [9.17, 15) is 4.79 Å². The third kappa shape index (κ3) is 2.49. The Morgan fingerprint density at radius 2 is 2.05 bits per heavy atom. The van der Waals surface area contributed by atoms with Crippen LogP contribution in [-0.4, -0.2) is 36.0 Å². The molecule has 2 heterocycles. The first-order valence-corrected chi connectivity index (χ1v) is 7.89. The monoisotopic (exact) mass is 274 g/mol. The number of carbonyl (C=O) groups is 1. The van der Waals surface area contributed by atoms with Gasteiger partial charge in [-0.05, 0) is 44.2 Å². The fraction of sp³-hybridized carbons (Fsp3) is 0.688. The molecule has 4 nitrogen and oxygen atoms in total. The summed E-state index contributed by atoms with van der Waals surface area (Å²) in [5, 5.41) is 3.25. The highest BCUT2D eigenvalue weighted by atomic mass is 16.3. The van der Waals surface area contributed by atoms with E-state index in [0.717, 1.165) is 44.2 Å². The van der Waals surface area contributed by atoms with E-state index in [2.05, 4.69) is 10.2 Å². The summed E-state index contributed by atoms with van der Waals surface area (Å²) in [6, 6.07) is 5.12. The van der Waals surface area contributed by atoms with Gasteiger partial charge in [0.2, 0.25) is 5.91 Å². The third-order valence-corrected chi connectivity index (χ3v) is 4.98. The molecule has 1 aliphatic heterocycles. The molecule has 0 aromatic carbocycles. The van der Waals surface area contributed by atoms with Crippen LogP contribution in [0.1, 0.15) is 43.8 Å². The molecule has 3 aliphatic rings. The summed E-state index contributed by atoms with van der Waals surface area (Å²) in [4.78, 5) is 14.8. The Labute approximate surface area is 119 Å². The van der Waals surface area contributed by atoms with Gasteiger partial charge < -0.3 is 14.6 Å². The van der Waals surface area contributed by atoms with Gasteiger partial charge in [-0.3, -0.25) is 4.79 Å². The maximum Gasteiger partial charge on any atom is 0.224 e. The fourth-order valence-electron chi connectivity index (χ4n) is 3.46. The molecule has 0 radical (unpaired) electrons. The lowest BCUT2D eigenvalue weighted by Gasteiger charge is -2.32. The molecule has 20 heavy (non-hydrogen) atoms. The number of rotatable bonds is 4. The van der Waals surface area contributed by atoms with Gasteiger partial charge in [-0.1, -0.05) is 0 Å². The van der Waals surface area contributed by atoms with Gasteiger partial charge in [0.25, 0.3) is 0 Å². The van der Waals surface area contributed by atoms with Crippen molar-refractivity contribution in [2.24, 2.45) is 5.92 Å². The number of hydrogen-bond acceptors (Lipinski definition) is 3. The van der Waals surface area contributed by atoms with E-state index in [-0.39, 0.29) is 11.8 Å². The largest absolute Gasteiger partial charge is 0.469 e. The minimum atomic E-state index is 0.141. The molecule has 2 aliphatic carbocycles. The van der Waals surface area contributed by atoms with Crippen LogP contribution in [0, 0.1) is 5.92 Å². The molecule has 1 amide bonds. The summed E-state index contributed by atoms with van der Waals surface area (Å²) in [7, 11) is 0. The molecule has 1 aromatic rings. The first kappa shape index (κ1) is 12.5. The summed E-state index contributed by atoms with van der Waals surface area (Å²) in [5.41, 5.74) is 0. The van der Waals surface area contributed by atoms with Gasteiger partial charge in [0.15, 0.2) is 0 Å². The third-order valence-electron chi connectivity index (χ3n) is 4.98. The minimum Gasteiger partial charge on any atom is -0.469 e. The van der Waals surface area contributed by atoms with Gasteiger partial charge in [0.05, 0.1) is 6.26 Å². The van der Waals surface area contributed by atoms with Crippen LogP contribution in [-0.2, 0) is 4.79 Å². The van der Waals surface area contributed by atoms with Crippen LogP contribution in [0.3, 0.4) is 0 Å². The van der Waals surface area contributed by atoms with E-state index in [0.29, 0.717) is 12.0 Å². The van der Waals surface area contributed by atoms with Crippen molar-refractivity contribution in [2.45, 2.75) is 50.1 Å². The van der Waals surface area contributed by atoms with Crippen molar-refractivity contribution in [3.8, 4) is 0 Å². The molecule has 3 fully saturated rings. The summed E-state index contributed by atoms with van der Waals surface area (Å²) in [6.07, 6.45) is 7.62. The van der Waals surface area contributed by atoms with Crippen LogP contribution in [0.25, 0.3) is 0 Å². The van der Waals surface area contributed by atoms with E-state index < -0.39 is 0 Å². The Kier molecular flexibility index (Phi) is 3.06. The van der Waals surface area contributed by atoms with Gasteiger partial charge in [-0.2, -0.15) is 0 Å². The van der Waals surface area contributed by atoms with E-state index in [1.807, 2.05) is 12.1 Å². The first-order valence-electron chi connectivity index (χ1n) is 7.89. The van der Waals surface area contributed by atoms with E-state index in [4.69, 9.17) is 4.42 Å². The summed E-state index contributed by atoms with van der Waals surface area (Å²) < 4.78 is 5.39. The Morgan fingerprint density at radius 3 is 2.70 bits per heavy atom. The molecule has 1 saturated heterocycles. The standard InChI is InChI=1S/C16H22N2O2/c19-16(14-10-13(14)15-2-1-9-20-15)17-11-5-7-18(8-6-11)12-3-4-12/h1-2,9,11-14H,3-8,10H2,(H,17,19). The molecular formula is C16H22N2O2. The van der Waals surface area contributed by atoms with Crippen molar-refractivity contribution < 1.29 is 9.21 Å². The first-order chi connectivity index (χ1) is 9.81. The molecule has 4 heteroatoms. The van der Waals surface area contributed by atoms with Crippen LogP contribution < -0.4 is 5.32 Å². The highest BCUT2D eigenvalue weighted by Crippen LogP contribution is 2.47. The summed E-state index contributed by atoms with van der Waals surface area (Å²) in [6.45, 7) is 2.31. The number of nitrogens with zero attached hydrogens (tertiary/aromatic N) is 1. The van der Waals surface area contributed by atoms with Gasteiger partial charge in [-0.15, -0.1) is 0 Å². The van der Waals surface area contributed by atoms with E-state index in [1.54, 1.807) is 6.26 Å². The Balaban J connectivity index is 1.25. The smallest absolute Gasteiger partial charge is 0.224 e. The highest BCUT2D eigenvalue weighted by molar-refractivity contribution is 5.82. The van der Waals surface area contributed by atoms with Crippen molar-refractivity contribution in [3.63, 3.8) is 0 Å². The lowest BCUT2D eigenvalue weighted by atomic mass is 10.0. The second kappa shape index (κ2) is 4.92. The molecule has 1 N–H and O–H groups in total. The topological polar surface area (TPSA) is 45.5 Å². The quantitative estimate of drug-likeness (QED) is 0.915. The van der Waals surface area contributed by atoms with Crippen molar-refractivity contribution >= 4 is 5.91 Å². The van der Waals surface area contributed by atoms with E-state index in [1.165, 1.54) is 12.8 Å². The number of hydrogen-bond donors (Lipinski definition) is 1. The van der Waals surface area contributed by atoms with Crippen LogP contribution >= 0.6 is 0 Å². The second-order valence-electron chi connectivity index (χ2n) is 6.51. The second-order valence-corrected chi connectivity index (χ2v) is 6.51. The summed E-state index contributed by atoms with van der Waals surface area (Å²) >= 11 is 0. The van der Waals surface area contributed by atoms with Crippen molar-refractivity contribution in [1.82, 2.24) is 10.2 Å². The Bertz CT molecular complexity index is 473. The molecular weight excluding hydrogens is 252 g/mol. The van der Waals surface area contributed by atoms with Gasteiger partial charge >= 0.3 is 0 Å². The van der Waals surface area contributed by atoms with Crippen molar-refractivity contribution in [3.05, 3.63) is 24.2 Å². The molecule has 2 atom stereocenters. The number of piperidine rings is 1. The highest BCUT2D eigenvalue weighted by Gasteiger charge is 2.46. The van der Waals surface area contributed by atoms with Crippen LogP contribution in [0.5, 0.6) is 0 Å². The molecule has 2 unspecified atom stereocenters. The average molecular weight is 274 g/mol. The predicted octanol–water partition coefficient (Wildman–Crippen LogP) is 2.13. The number of furan rings is 1. The van der Waals surface area contributed by atoms with Crippen molar-refractivity contribution in [2.75, 3.05) is 13.1 Å². The maximum absolute atomic E-state index is 12.2. The fourth-order valence-corrected chi connectivity index (χ4v) is 3.46. The lowest BCUT2D eigenvalue weighted by Crippen LogP contribution is -2.45. The van der Waals surface area contributed by atoms with Crippen LogP contribution in [0.2, 0.25) is 0 Å². The van der Waals surface area contributed by atoms with Crippen LogP contribution in [0.4, 0.5) is 0 Å².